The van der Waals surface area contributed by atoms with Gasteiger partial charge in [0.15, 0.2) is 0 Å². The third-order valence-electron chi connectivity index (χ3n) is 2.93. The molecule has 104 valence electrons. The molecule has 3 nitrogen and oxygen atoms in total. The molecule has 0 unspecified atom stereocenters. The van der Waals surface area contributed by atoms with E-state index in [0.29, 0.717) is 23.4 Å². The lowest BCUT2D eigenvalue weighted by molar-refractivity contribution is 0.0692. The van der Waals surface area contributed by atoms with Crippen molar-refractivity contribution in [3.8, 4) is 0 Å². The summed E-state index contributed by atoms with van der Waals surface area (Å²) in [7, 11) is 0. The largest absolute Gasteiger partial charge is 0.478 e. The van der Waals surface area contributed by atoms with Crippen LogP contribution in [-0.2, 0) is 6.54 Å². The van der Waals surface area contributed by atoms with Crippen LogP contribution in [0.25, 0.3) is 0 Å². The second-order valence-electron chi connectivity index (χ2n) is 4.44. The topological polar surface area (TPSA) is 49.3 Å². The first-order chi connectivity index (χ1) is 9.47. The predicted molar refractivity (Wildman–Crippen MR) is 71.8 cm³/mol. The Labute approximate surface area is 114 Å². The predicted octanol–water partition coefficient (Wildman–Crippen LogP) is 3.58. The van der Waals surface area contributed by atoms with Crippen molar-refractivity contribution >= 4 is 11.7 Å². The molecule has 0 aliphatic carbocycles. The van der Waals surface area contributed by atoms with Crippen molar-refractivity contribution in [3.63, 3.8) is 0 Å². The van der Waals surface area contributed by atoms with Gasteiger partial charge in [-0.05, 0) is 42.3 Å². The van der Waals surface area contributed by atoms with Gasteiger partial charge in [0.1, 0.15) is 11.6 Å². The smallest absolute Gasteiger partial charge is 0.338 e. The van der Waals surface area contributed by atoms with E-state index in [-0.39, 0.29) is 5.82 Å². The number of nitrogens with one attached hydrogen (secondary N) is 1. The SMILES string of the molecule is Cc1ccc(CNc2ccc(F)c(C(=O)O)c2)cc1F. The van der Waals surface area contributed by atoms with Crippen LogP contribution < -0.4 is 5.32 Å². The highest BCUT2D eigenvalue weighted by atomic mass is 19.1. The summed E-state index contributed by atoms with van der Waals surface area (Å²) in [5.41, 5.74) is 1.34. The van der Waals surface area contributed by atoms with Crippen LogP contribution in [0, 0.1) is 18.6 Å². The number of hydrogen-bond donors (Lipinski definition) is 2. The number of hydrogen-bond acceptors (Lipinski definition) is 2. The summed E-state index contributed by atoms with van der Waals surface area (Å²) in [6, 6.07) is 8.58. The molecule has 2 aromatic carbocycles. The third-order valence-corrected chi connectivity index (χ3v) is 2.93. The number of carbonyl (C=O) groups is 1. The van der Waals surface area contributed by atoms with Crippen LogP contribution in [0.3, 0.4) is 0 Å². The Kier molecular flexibility index (Phi) is 3.98. The fourth-order valence-electron chi connectivity index (χ4n) is 1.75. The number of halogens is 2. The number of aryl methyl sites for hydroxylation is 1. The lowest BCUT2D eigenvalue weighted by Crippen LogP contribution is -2.04. The molecule has 0 aromatic heterocycles. The van der Waals surface area contributed by atoms with Crippen molar-refractivity contribution in [2.75, 3.05) is 5.32 Å². The Morgan fingerprint density at radius 1 is 1.15 bits per heavy atom. The number of carboxylic acid groups (broad SMARTS) is 1. The fourth-order valence-corrected chi connectivity index (χ4v) is 1.75. The molecule has 0 radical (unpaired) electrons. The van der Waals surface area contributed by atoms with Crippen LogP contribution in [0.4, 0.5) is 14.5 Å². The number of rotatable bonds is 4. The Bertz CT molecular complexity index is 656. The third kappa shape index (κ3) is 3.12. The second kappa shape index (κ2) is 5.69. The van der Waals surface area contributed by atoms with Gasteiger partial charge in [0.25, 0.3) is 0 Å². The molecule has 0 fully saturated rings. The molecule has 0 aliphatic rings. The molecule has 0 heterocycles. The highest BCUT2D eigenvalue weighted by Crippen LogP contribution is 2.16. The maximum atomic E-state index is 13.4. The van der Waals surface area contributed by atoms with Gasteiger partial charge in [0.05, 0.1) is 5.56 Å². The summed E-state index contributed by atoms with van der Waals surface area (Å²) in [6.45, 7) is 1.99. The van der Waals surface area contributed by atoms with Crippen molar-refractivity contribution in [1.29, 1.82) is 0 Å². The number of anilines is 1. The molecule has 0 saturated carbocycles. The normalized spacial score (nSPS) is 10.3. The van der Waals surface area contributed by atoms with Crippen LogP contribution >= 0.6 is 0 Å². The molecule has 5 heteroatoms. The Morgan fingerprint density at radius 2 is 1.90 bits per heavy atom. The minimum Gasteiger partial charge on any atom is -0.478 e. The van der Waals surface area contributed by atoms with Crippen LogP contribution in [0.5, 0.6) is 0 Å². The summed E-state index contributed by atoms with van der Waals surface area (Å²) in [5, 5.41) is 11.8. The van der Waals surface area contributed by atoms with Gasteiger partial charge in [-0.3, -0.25) is 0 Å². The molecule has 0 amide bonds. The summed E-state index contributed by atoms with van der Waals surface area (Å²) in [4.78, 5) is 10.8. The molecular formula is C15H13F2NO2. The van der Waals surface area contributed by atoms with E-state index in [0.717, 1.165) is 6.07 Å². The zero-order valence-electron chi connectivity index (χ0n) is 10.8. The molecule has 20 heavy (non-hydrogen) atoms. The molecular weight excluding hydrogens is 264 g/mol. The van der Waals surface area contributed by atoms with Crippen LogP contribution in [0.2, 0.25) is 0 Å². The molecule has 2 aromatic rings. The summed E-state index contributed by atoms with van der Waals surface area (Å²) in [6.07, 6.45) is 0. The van der Waals surface area contributed by atoms with Crippen molar-refractivity contribution in [3.05, 3.63) is 64.7 Å². The van der Waals surface area contributed by atoms with Gasteiger partial charge in [0.2, 0.25) is 0 Å². The van der Waals surface area contributed by atoms with Crippen molar-refractivity contribution in [2.24, 2.45) is 0 Å². The van der Waals surface area contributed by atoms with E-state index in [1.54, 1.807) is 19.1 Å². The zero-order chi connectivity index (χ0) is 14.7. The van der Waals surface area contributed by atoms with Crippen molar-refractivity contribution in [2.45, 2.75) is 13.5 Å². The van der Waals surface area contributed by atoms with Crippen LogP contribution in [0.15, 0.2) is 36.4 Å². The van der Waals surface area contributed by atoms with Gasteiger partial charge in [0, 0.05) is 12.2 Å². The van der Waals surface area contributed by atoms with Gasteiger partial charge >= 0.3 is 5.97 Å². The standard InChI is InChI=1S/C15H13F2NO2/c1-9-2-3-10(6-14(9)17)8-18-11-4-5-13(16)12(7-11)15(19)20/h2-7,18H,8H2,1H3,(H,19,20). The lowest BCUT2D eigenvalue weighted by Gasteiger charge is -2.08. The van der Waals surface area contributed by atoms with E-state index in [1.165, 1.54) is 18.2 Å². The molecule has 0 spiro atoms. The lowest BCUT2D eigenvalue weighted by atomic mass is 10.1. The maximum Gasteiger partial charge on any atom is 0.338 e. The fraction of sp³-hybridized carbons (Fsp3) is 0.133. The van der Waals surface area contributed by atoms with E-state index in [2.05, 4.69) is 5.32 Å². The van der Waals surface area contributed by atoms with Crippen molar-refractivity contribution < 1.29 is 18.7 Å². The second-order valence-corrected chi connectivity index (χ2v) is 4.44. The van der Waals surface area contributed by atoms with E-state index < -0.39 is 17.3 Å². The Hall–Kier alpha value is -2.43. The molecule has 0 bridgehead atoms. The number of benzene rings is 2. The quantitative estimate of drug-likeness (QED) is 0.898. The summed E-state index contributed by atoms with van der Waals surface area (Å²) < 4.78 is 26.6. The number of aromatic carboxylic acids is 1. The van der Waals surface area contributed by atoms with E-state index in [9.17, 15) is 13.6 Å². The average Bonchev–Trinajstić information content (AvgIpc) is 2.41. The average molecular weight is 277 g/mol. The zero-order valence-corrected chi connectivity index (χ0v) is 10.8. The Morgan fingerprint density at radius 3 is 2.55 bits per heavy atom. The first-order valence-corrected chi connectivity index (χ1v) is 5.99. The minimum atomic E-state index is -1.33. The highest BCUT2D eigenvalue weighted by molar-refractivity contribution is 5.89. The van der Waals surface area contributed by atoms with Gasteiger partial charge in [-0.1, -0.05) is 12.1 Å². The maximum absolute atomic E-state index is 13.4. The molecule has 2 rings (SSSR count). The first-order valence-electron chi connectivity index (χ1n) is 5.99. The minimum absolute atomic E-state index is 0.297. The Balaban J connectivity index is 2.12. The van der Waals surface area contributed by atoms with E-state index in [1.807, 2.05) is 0 Å². The van der Waals surface area contributed by atoms with Gasteiger partial charge < -0.3 is 10.4 Å². The first kappa shape index (κ1) is 14.0. The summed E-state index contributed by atoms with van der Waals surface area (Å²) >= 11 is 0. The highest BCUT2D eigenvalue weighted by Gasteiger charge is 2.10. The summed E-state index contributed by atoms with van der Waals surface area (Å²) in [5.74, 6) is -2.41. The van der Waals surface area contributed by atoms with Gasteiger partial charge in [-0.15, -0.1) is 0 Å². The number of carboxylic acids is 1. The monoisotopic (exact) mass is 277 g/mol. The molecule has 0 aliphatic heterocycles. The van der Waals surface area contributed by atoms with Crippen LogP contribution in [-0.4, -0.2) is 11.1 Å². The van der Waals surface area contributed by atoms with Gasteiger partial charge in [-0.2, -0.15) is 0 Å². The molecule has 0 atom stereocenters. The van der Waals surface area contributed by atoms with E-state index in [4.69, 9.17) is 5.11 Å². The van der Waals surface area contributed by atoms with Crippen molar-refractivity contribution in [1.82, 2.24) is 0 Å². The van der Waals surface area contributed by atoms with E-state index >= 15 is 0 Å². The van der Waals surface area contributed by atoms with Gasteiger partial charge in [-0.25, -0.2) is 13.6 Å². The molecule has 2 N–H and O–H groups in total. The molecule has 0 saturated heterocycles. The van der Waals surface area contributed by atoms with Crippen LogP contribution in [0.1, 0.15) is 21.5 Å².